The summed E-state index contributed by atoms with van der Waals surface area (Å²) in [5.74, 6) is -0.400. The van der Waals surface area contributed by atoms with Crippen molar-refractivity contribution in [3.05, 3.63) is 54.6 Å². The van der Waals surface area contributed by atoms with Crippen LogP contribution in [-0.4, -0.2) is 30.1 Å². The van der Waals surface area contributed by atoms with Crippen LogP contribution < -0.4 is 15.4 Å². The largest absolute Gasteiger partial charge is 0.482 e. The summed E-state index contributed by atoms with van der Waals surface area (Å²) in [7, 11) is 0. The number of benzene rings is 2. The fourth-order valence-corrected chi connectivity index (χ4v) is 2.22. The number of carbonyl (C=O) groups excluding carboxylic acids is 2. The molecule has 0 fully saturated rings. The van der Waals surface area contributed by atoms with Crippen LogP contribution in [0.1, 0.15) is 27.7 Å². The lowest BCUT2D eigenvalue weighted by Gasteiger charge is -2.23. The molecule has 0 saturated carbocycles. The van der Waals surface area contributed by atoms with Gasteiger partial charge in [-0.25, -0.2) is 4.79 Å². The minimum absolute atomic E-state index is 0.265. The first-order valence-corrected chi connectivity index (χ1v) is 8.79. The second-order valence-electron chi connectivity index (χ2n) is 7.18. The third kappa shape index (κ3) is 7.40. The van der Waals surface area contributed by atoms with Crippen LogP contribution in [0.2, 0.25) is 0 Å². The highest BCUT2D eigenvalue weighted by molar-refractivity contribution is 5.84. The molecule has 1 atom stereocenters. The van der Waals surface area contributed by atoms with Gasteiger partial charge in [0.2, 0.25) is 0 Å². The van der Waals surface area contributed by atoms with E-state index in [1.54, 1.807) is 12.1 Å². The van der Waals surface area contributed by atoms with Crippen LogP contribution in [0.4, 0.5) is 11.4 Å². The lowest BCUT2D eigenvalue weighted by Crippen LogP contribution is -2.46. The zero-order valence-corrected chi connectivity index (χ0v) is 16.1. The monoisotopic (exact) mass is 370 g/mol. The summed E-state index contributed by atoms with van der Waals surface area (Å²) in [6.07, 6.45) is -0.877. The Balaban J connectivity index is 1.78. The van der Waals surface area contributed by atoms with Crippen molar-refractivity contribution in [3.8, 4) is 5.75 Å². The Labute approximate surface area is 159 Å². The molecule has 2 rings (SSSR count). The molecule has 2 N–H and O–H groups in total. The summed E-state index contributed by atoms with van der Waals surface area (Å²) >= 11 is 0. The van der Waals surface area contributed by atoms with Gasteiger partial charge in [-0.2, -0.15) is 0 Å². The molecule has 6 nitrogen and oxygen atoms in total. The van der Waals surface area contributed by atoms with Crippen LogP contribution >= 0.6 is 0 Å². The van der Waals surface area contributed by atoms with Crippen LogP contribution in [0, 0.1) is 0 Å². The fourth-order valence-electron chi connectivity index (χ4n) is 2.22. The van der Waals surface area contributed by atoms with Gasteiger partial charge >= 0.3 is 5.97 Å². The lowest BCUT2D eigenvalue weighted by molar-refractivity contribution is -0.157. The molecule has 144 valence electrons. The van der Waals surface area contributed by atoms with Crippen molar-refractivity contribution in [2.45, 2.75) is 39.3 Å². The Morgan fingerprint density at radius 3 is 2.15 bits per heavy atom. The number of rotatable bonds is 7. The Kier molecular flexibility index (Phi) is 6.82. The van der Waals surface area contributed by atoms with E-state index in [1.807, 2.05) is 63.2 Å². The molecule has 2 aromatic rings. The molecule has 0 unspecified atom stereocenters. The van der Waals surface area contributed by atoms with Gasteiger partial charge in [0.1, 0.15) is 5.75 Å². The lowest BCUT2D eigenvalue weighted by atomic mass is 10.1. The van der Waals surface area contributed by atoms with Crippen LogP contribution in [0.5, 0.6) is 5.75 Å². The van der Waals surface area contributed by atoms with E-state index >= 15 is 0 Å². The van der Waals surface area contributed by atoms with Crippen LogP contribution in [0.3, 0.4) is 0 Å². The second kappa shape index (κ2) is 9.07. The summed E-state index contributed by atoms with van der Waals surface area (Å²) < 4.78 is 10.5. The molecule has 0 heterocycles. The van der Waals surface area contributed by atoms with Crippen LogP contribution in [0.15, 0.2) is 54.6 Å². The molecule has 1 amide bonds. The normalized spacial score (nSPS) is 12.0. The summed E-state index contributed by atoms with van der Waals surface area (Å²) in [6.45, 7) is 6.85. The average molecular weight is 370 g/mol. The van der Waals surface area contributed by atoms with Gasteiger partial charge in [0, 0.05) is 16.9 Å². The molecule has 0 aliphatic heterocycles. The summed E-state index contributed by atoms with van der Waals surface area (Å²) in [5, 5.41) is 6.02. The van der Waals surface area contributed by atoms with E-state index in [0.717, 1.165) is 11.4 Å². The molecule has 0 aromatic heterocycles. The maximum atomic E-state index is 11.9. The Bertz CT molecular complexity index is 752. The number of hydrogen-bond acceptors (Lipinski definition) is 5. The molecule has 27 heavy (non-hydrogen) atoms. The summed E-state index contributed by atoms with van der Waals surface area (Å²) in [6, 6.07) is 17.0. The highest BCUT2D eigenvalue weighted by atomic mass is 16.6. The van der Waals surface area contributed by atoms with E-state index in [9.17, 15) is 9.59 Å². The van der Waals surface area contributed by atoms with E-state index in [1.165, 1.54) is 6.92 Å². The van der Waals surface area contributed by atoms with Crippen molar-refractivity contribution in [1.82, 2.24) is 5.32 Å². The van der Waals surface area contributed by atoms with E-state index < -0.39 is 12.1 Å². The van der Waals surface area contributed by atoms with E-state index in [0.29, 0.717) is 5.75 Å². The quantitative estimate of drug-likeness (QED) is 0.728. The van der Waals surface area contributed by atoms with Crippen molar-refractivity contribution in [2.24, 2.45) is 0 Å². The minimum Gasteiger partial charge on any atom is -0.482 e. The molecular weight excluding hydrogens is 344 g/mol. The molecule has 0 aliphatic rings. The van der Waals surface area contributed by atoms with Crippen molar-refractivity contribution in [3.63, 3.8) is 0 Å². The number of amides is 1. The number of carbonyl (C=O) groups is 2. The Hall–Kier alpha value is -3.02. The van der Waals surface area contributed by atoms with Crippen molar-refractivity contribution >= 4 is 23.3 Å². The van der Waals surface area contributed by atoms with Gasteiger partial charge in [-0.1, -0.05) is 18.2 Å². The van der Waals surface area contributed by atoms with Crippen molar-refractivity contribution in [2.75, 3.05) is 11.9 Å². The number of nitrogens with one attached hydrogen (secondary N) is 2. The molecule has 0 aliphatic carbocycles. The van der Waals surface area contributed by atoms with Gasteiger partial charge in [0.15, 0.2) is 12.7 Å². The molecule has 0 bridgehead atoms. The highest BCUT2D eigenvalue weighted by Crippen LogP contribution is 2.19. The summed E-state index contributed by atoms with van der Waals surface area (Å²) in [4.78, 5) is 23.8. The molecule has 0 spiro atoms. The van der Waals surface area contributed by atoms with Gasteiger partial charge in [-0.3, -0.25) is 4.79 Å². The first-order chi connectivity index (χ1) is 12.7. The second-order valence-corrected chi connectivity index (χ2v) is 7.18. The molecule has 0 radical (unpaired) electrons. The Morgan fingerprint density at radius 1 is 0.963 bits per heavy atom. The maximum Gasteiger partial charge on any atom is 0.344 e. The Morgan fingerprint density at radius 2 is 1.56 bits per heavy atom. The topological polar surface area (TPSA) is 76.7 Å². The number of esters is 1. The van der Waals surface area contributed by atoms with E-state index in [2.05, 4.69) is 10.6 Å². The zero-order valence-electron chi connectivity index (χ0n) is 16.1. The molecule has 6 heteroatoms. The minimum atomic E-state index is -0.877. The first-order valence-electron chi connectivity index (χ1n) is 8.79. The first kappa shape index (κ1) is 20.3. The maximum absolute atomic E-state index is 11.9. The van der Waals surface area contributed by atoms with Crippen LogP contribution in [0.25, 0.3) is 0 Å². The molecule has 0 saturated heterocycles. The van der Waals surface area contributed by atoms with Gasteiger partial charge in [0.25, 0.3) is 5.91 Å². The number of ether oxygens (including phenoxy) is 2. The fraction of sp³-hybridized carbons (Fsp3) is 0.333. The molecular formula is C21H26N2O4. The third-order valence-corrected chi connectivity index (χ3v) is 3.45. The summed E-state index contributed by atoms with van der Waals surface area (Å²) in [5.41, 5.74) is 1.50. The van der Waals surface area contributed by atoms with Gasteiger partial charge in [0.05, 0.1) is 0 Å². The van der Waals surface area contributed by atoms with Gasteiger partial charge < -0.3 is 20.1 Å². The van der Waals surface area contributed by atoms with Crippen molar-refractivity contribution in [1.29, 1.82) is 0 Å². The van der Waals surface area contributed by atoms with E-state index in [-0.39, 0.29) is 18.1 Å². The molecule has 2 aromatic carbocycles. The predicted octanol–water partition coefficient (Wildman–Crippen LogP) is 3.66. The van der Waals surface area contributed by atoms with E-state index in [4.69, 9.17) is 9.47 Å². The number of hydrogen-bond donors (Lipinski definition) is 2. The highest BCUT2D eigenvalue weighted by Gasteiger charge is 2.22. The van der Waals surface area contributed by atoms with Crippen LogP contribution in [-0.2, 0) is 14.3 Å². The smallest absolute Gasteiger partial charge is 0.344 e. The van der Waals surface area contributed by atoms with Crippen molar-refractivity contribution < 1.29 is 19.1 Å². The van der Waals surface area contributed by atoms with Gasteiger partial charge in [-0.05, 0) is 64.1 Å². The zero-order chi connectivity index (χ0) is 19.9. The van der Waals surface area contributed by atoms with Gasteiger partial charge in [-0.15, -0.1) is 0 Å². The standard InChI is InChI=1S/C21H26N2O4/c1-15(20(25)23-21(2,3)4)27-19(24)14-26-18-12-10-17(11-13-18)22-16-8-6-5-7-9-16/h5-13,15,22H,14H2,1-4H3,(H,23,25)/t15-/m1/s1. The average Bonchev–Trinajstić information content (AvgIpc) is 2.60. The third-order valence-electron chi connectivity index (χ3n) is 3.45. The SMILES string of the molecule is C[C@@H](OC(=O)COc1ccc(Nc2ccccc2)cc1)C(=O)NC(C)(C)C. The number of para-hydroxylation sites is 1. The number of anilines is 2. The predicted molar refractivity (Wildman–Crippen MR) is 105 cm³/mol.